The fourth-order valence-electron chi connectivity index (χ4n) is 10.8. The summed E-state index contributed by atoms with van der Waals surface area (Å²) in [5.74, 6) is -0.322. The van der Waals surface area contributed by atoms with Gasteiger partial charge in [0.1, 0.15) is 4.90 Å². The number of hydrogen-bond donors (Lipinski definition) is 2. The van der Waals surface area contributed by atoms with Gasteiger partial charge >= 0.3 is 27.7 Å². The summed E-state index contributed by atoms with van der Waals surface area (Å²) in [5.41, 5.74) is 0.447. The Morgan fingerprint density at radius 2 is 1.53 bits per heavy atom. The number of likely N-dealkylation sites (tertiary alicyclic amines) is 1. The number of thioether (sulfide) groups is 1. The van der Waals surface area contributed by atoms with Crippen LogP contribution < -0.4 is 25.1 Å². The third-order valence-electron chi connectivity index (χ3n) is 14.8. The summed E-state index contributed by atoms with van der Waals surface area (Å²) in [7, 11) is -10.4. The largest absolute Gasteiger partial charge is 0.501 e. The van der Waals surface area contributed by atoms with Gasteiger partial charge < -0.3 is 34.2 Å². The van der Waals surface area contributed by atoms with E-state index in [0.717, 1.165) is 65.1 Å². The van der Waals surface area contributed by atoms with Crippen LogP contribution in [0.15, 0.2) is 131 Å². The van der Waals surface area contributed by atoms with Crippen molar-refractivity contribution in [2.75, 3.05) is 91.1 Å². The molecule has 2 atom stereocenters. The number of carboxylic acid groups (broad SMARTS) is 1. The highest BCUT2D eigenvalue weighted by molar-refractivity contribution is 7.99. The molecule has 414 valence electrons. The molecule has 3 aliphatic rings. The zero-order valence-electron chi connectivity index (χ0n) is 43.4. The Balaban J connectivity index is 0.914. The Labute approximate surface area is 464 Å². The highest BCUT2D eigenvalue weighted by Gasteiger charge is 2.49. The van der Waals surface area contributed by atoms with Crippen LogP contribution in [0.3, 0.4) is 0 Å². The first-order valence-corrected chi connectivity index (χ1v) is 31.1. The Kier molecular flexibility index (Phi) is 18.1. The molecule has 0 amide bonds. The zero-order chi connectivity index (χ0) is 55.4. The SMILES string of the molecule is Cc1c(C(=O)O)c(-c2cccc(N3CCN(c4ccc(N5CCO[P@@]5(=O)c5ccc(N[C@H](CCN6CCC(COP=O)CC6)CSc6ccccc6)c(S(=O)(=O)C(F)(F)F)c5)cc4)CC3)c2)c(-c2ccc(Cl)cc2)n1C(C)C. The fourth-order valence-corrected chi connectivity index (χ4v) is 15.4. The fraction of sp³-hybridized carbons (Fsp3) is 0.375. The molecule has 4 heterocycles. The molecular weight excluding hydrogens is 1100 g/mol. The third kappa shape index (κ3) is 12.5. The van der Waals surface area contributed by atoms with Gasteiger partial charge in [-0.2, -0.15) is 13.2 Å². The standard InChI is InChI=1S/C56H62ClF3N6O8P2S2/c1-38(2)66-39(3)52(55(67)68)53(54(66)41-12-14-43(57)15-13-41)42-8-7-9-47(34-42)64-30-28-63(29-31-64)45-16-18-46(19-17-45)65-32-33-74-76(65,70)48-20-21-50(51(35-48)78(71,72)56(58,59)60)61-44(37-77-49-10-5-4-6-11-49)24-27-62-25-22-40(23-26-62)36-73-75-69/h4-21,34-35,38,40,44,61H,22-33,36-37H2,1-3H3,(H,67,68)/t44-,76+/m1/s1. The van der Waals surface area contributed by atoms with Crippen molar-refractivity contribution >= 4 is 83.4 Å². The van der Waals surface area contributed by atoms with Crippen molar-refractivity contribution in [3.63, 3.8) is 0 Å². The van der Waals surface area contributed by atoms with E-state index in [1.54, 1.807) is 24.3 Å². The number of alkyl halides is 3. The normalized spacial score (nSPS) is 18.3. The minimum absolute atomic E-state index is 0.00584. The molecule has 0 aliphatic carbocycles. The van der Waals surface area contributed by atoms with E-state index in [0.29, 0.717) is 73.5 Å². The van der Waals surface area contributed by atoms with Crippen LogP contribution in [0, 0.1) is 12.8 Å². The molecule has 0 bridgehead atoms. The number of sulfone groups is 1. The quantitative estimate of drug-likeness (QED) is 0.0550. The summed E-state index contributed by atoms with van der Waals surface area (Å²) in [6, 6.07) is 35.3. The monoisotopic (exact) mass is 1160 g/mol. The van der Waals surface area contributed by atoms with Crippen LogP contribution in [0.4, 0.5) is 35.9 Å². The predicted molar refractivity (Wildman–Crippen MR) is 305 cm³/mol. The molecule has 78 heavy (non-hydrogen) atoms. The Hall–Kier alpha value is -5.36. The molecule has 2 N–H and O–H groups in total. The molecule has 0 spiro atoms. The number of hydrogen-bond acceptors (Lipinski definition) is 12. The molecule has 9 rings (SSSR count). The van der Waals surface area contributed by atoms with Crippen LogP contribution in [0.5, 0.6) is 0 Å². The average molecular weight is 1170 g/mol. The second-order valence-electron chi connectivity index (χ2n) is 20.0. The molecule has 14 nitrogen and oxygen atoms in total. The van der Waals surface area contributed by atoms with E-state index in [9.17, 15) is 36.1 Å². The number of carbonyl (C=O) groups is 1. The lowest BCUT2D eigenvalue weighted by Crippen LogP contribution is -2.46. The number of benzene rings is 5. The van der Waals surface area contributed by atoms with E-state index in [2.05, 4.69) is 24.6 Å². The zero-order valence-corrected chi connectivity index (χ0v) is 47.6. The number of carboxylic acids is 1. The molecular formula is C56H62ClF3N6O8P2S2. The first-order chi connectivity index (χ1) is 37.4. The van der Waals surface area contributed by atoms with Crippen molar-refractivity contribution in [3.05, 3.63) is 138 Å². The van der Waals surface area contributed by atoms with E-state index in [-0.39, 0.29) is 50.4 Å². The van der Waals surface area contributed by atoms with Gasteiger partial charge in [-0.3, -0.25) is 13.8 Å². The first-order valence-electron chi connectivity index (χ1n) is 25.9. The molecule has 0 radical (unpaired) electrons. The number of piperazine rings is 1. The van der Waals surface area contributed by atoms with Crippen LogP contribution >= 0.6 is 39.6 Å². The molecule has 22 heteroatoms. The number of anilines is 4. The summed E-state index contributed by atoms with van der Waals surface area (Å²) in [6.07, 6.45) is 2.16. The van der Waals surface area contributed by atoms with E-state index in [1.165, 1.54) is 28.6 Å². The van der Waals surface area contributed by atoms with Crippen molar-refractivity contribution in [1.82, 2.24) is 9.47 Å². The maximum Gasteiger partial charge on any atom is 0.501 e. The van der Waals surface area contributed by atoms with Gasteiger partial charge in [-0.15, -0.1) is 11.8 Å². The second-order valence-corrected chi connectivity index (χ2v) is 26.2. The van der Waals surface area contributed by atoms with E-state index < -0.39 is 39.8 Å². The number of halogens is 4. The summed E-state index contributed by atoms with van der Waals surface area (Å²) in [5, 5.41) is 14.2. The summed E-state index contributed by atoms with van der Waals surface area (Å²) in [4.78, 5) is 19.6. The van der Waals surface area contributed by atoms with Gasteiger partial charge in [0.2, 0.25) is 0 Å². The summed E-state index contributed by atoms with van der Waals surface area (Å²) >= 11 is 7.78. The number of aromatic nitrogens is 1. The second kappa shape index (κ2) is 24.6. The lowest BCUT2D eigenvalue weighted by atomic mass is 9.96. The number of rotatable bonds is 20. The van der Waals surface area contributed by atoms with Crippen molar-refractivity contribution < 1.29 is 49.7 Å². The van der Waals surface area contributed by atoms with Gasteiger partial charge in [0, 0.05) is 88.8 Å². The molecule has 3 fully saturated rings. The van der Waals surface area contributed by atoms with E-state index >= 15 is 4.57 Å². The van der Waals surface area contributed by atoms with Crippen LogP contribution in [0.2, 0.25) is 5.02 Å². The van der Waals surface area contributed by atoms with Gasteiger partial charge in [-0.1, -0.05) is 54.1 Å². The molecule has 0 unspecified atom stereocenters. The molecule has 5 aromatic carbocycles. The molecule has 3 saturated heterocycles. The number of aromatic carboxylic acids is 1. The van der Waals surface area contributed by atoms with E-state index in [4.69, 9.17) is 20.6 Å². The maximum absolute atomic E-state index is 15.0. The molecule has 1 aromatic heterocycles. The number of nitrogens with one attached hydrogen (secondary N) is 1. The van der Waals surface area contributed by atoms with Crippen molar-refractivity contribution in [3.8, 4) is 22.4 Å². The van der Waals surface area contributed by atoms with Gasteiger partial charge in [-0.05, 0) is 149 Å². The van der Waals surface area contributed by atoms with Crippen LogP contribution in [0.25, 0.3) is 22.4 Å². The summed E-state index contributed by atoms with van der Waals surface area (Å²) in [6.45, 7) is 11.2. The van der Waals surface area contributed by atoms with E-state index in [1.807, 2.05) is 99.6 Å². The minimum atomic E-state index is -5.95. The van der Waals surface area contributed by atoms with Crippen molar-refractivity contribution in [2.24, 2.45) is 5.92 Å². The van der Waals surface area contributed by atoms with Crippen molar-refractivity contribution in [1.29, 1.82) is 0 Å². The van der Waals surface area contributed by atoms with Crippen molar-refractivity contribution in [2.45, 2.75) is 67.4 Å². The highest BCUT2D eigenvalue weighted by Crippen LogP contribution is 2.56. The maximum atomic E-state index is 15.0. The van der Waals surface area contributed by atoms with Gasteiger partial charge in [0.05, 0.1) is 42.0 Å². The number of piperidine rings is 1. The van der Waals surface area contributed by atoms with Crippen LogP contribution in [-0.4, -0.2) is 112 Å². The van der Waals surface area contributed by atoms with Crippen LogP contribution in [-0.2, 0) is 28.0 Å². The predicted octanol–water partition coefficient (Wildman–Crippen LogP) is 12.9. The van der Waals surface area contributed by atoms with Gasteiger partial charge in [0.25, 0.3) is 9.84 Å². The van der Waals surface area contributed by atoms with Crippen LogP contribution in [0.1, 0.15) is 55.2 Å². The lowest BCUT2D eigenvalue weighted by molar-refractivity contribution is -0.0435. The minimum Gasteiger partial charge on any atom is -0.478 e. The average Bonchev–Trinajstić information content (AvgIpc) is 4.01. The topological polar surface area (TPSA) is 154 Å². The summed E-state index contributed by atoms with van der Waals surface area (Å²) < 4.78 is 111. The molecule has 6 aromatic rings. The first kappa shape index (κ1) is 57.3. The Morgan fingerprint density at radius 3 is 2.17 bits per heavy atom. The Morgan fingerprint density at radius 1 is 0.859 bits per heavy atom. The third-order valence-corrected chi connectivity index (χ3v) is 20.5. The molecule has 3 aliphatic heterocycles. The Bertz CT molecular complexity index is 3250. The van der Waals surface area contributed by atoms with Gasteiger partial charge in [0.15, 0.2) is 0 Å². The lowest BCUT2D eigenvalue weighted by Gasteiger charge is -2.37. The highest BCUT2D eigenvalue weighted by atomic mass is 35.5. The molecule has 0 saturated carbocycles. The van der Waals surface area contributed by atoms with Gasteiger partial charge in [-0.25, -0.2) is 17.8 Å². The smallest absolute Gasteiger partial charge is 0.478 e. The number of nitrogens with zero attached hydrogens (tertiary/aromatic N) is 5.